The Bertz CT molecular complexity index is 2600. The second-order valence-corrected chi connectivity index (χ2v) is 97.5. The van der Waals surface area contributed by atoms with Gasteiger partial charge < -0.3 is 193 Å². The molecule has 0 spiro atoms. The van der Waals surface area contributed by atoms with E-state index in [1.807, 2.05) is 54.9 Å². The summed E-state index contributed by atoms with van der Waals surface area (Å²) in [6, 6.07) is 0. The summed E-state index contributed by atoms with van der Waals surface area (Å²) >= 11 is 73.1. The van der Waals surface area contributed by atoms with E-state index in [0.29, 0.717) is 69.0 Å². The Morgan fingerprint density at radius 3 is 0.659 bits per heavy atom. The van der Waals surface area contributed by atoms with Gasteiger partial charge in [-0.3, -0.25) is 0 Å². The molecule has 0 aromatic heterocycles. The van der Waals surface area contributed by atoms with E-state index in [0.717, 1.165) is 0 Å². The van der Waals surface area contributed by atoms with Crippen LogP contribution in [-0.4, -0.2) is 405 Å². The topological polar surface area (TPSA) is 447 Å². The van der Waals surface area contributed by atoms with E-state index < -0.39 is 167 Å². The summed E-state index contributed by atoms with van der Waals surface area (Å²) in [5, 5.41) is 30.0. The van der Waals surface area contributed by atoms with Crippen LogP contribution in [-0.2, 0) is 178 Å². The zero-order chi connectivity index (χ0) is 109. The van der Waals surface area contributed by atoms with Crippen molar-refractivity contribution in [2.45, 2.75) is 95.4 Å². The summed E-state index contributed by atoms with van der Waals surface area (Å²) in [6.07, 6.45) is -1.28. The van der Waals surface area contributed by atoms with Gasteiger partial charge in [0.1, 0.15) is 6.79 Å². The van der Waals surface area contributed by atoms with Gasteiger partial charge in [-0.2, -0.15) is 37.9 Å². The Kier molecular flexibility index (Phi) is 108. The highest BCUT2D eigenvalue weighted by atomic mass is 32.3. The quantitative estimate of drug-likeness (QED) is 0.0155. The van der Waals surface area contributed by atoms with Gasteiger partial charge in [0.15, 0.2) is 0 Å². The molecule has 135 heavy (non-hydrogen) atoms. The number of hydrogen-bond acceptors (Lipinski definition) is 61. The first-order chi connectivity index (χ1) is 62.5. The molecule has 0 radical (unpaired) electrons. The van der Waals surface area contributed by atoms with Crippen molar-refractivity contribution in [3.05, 3.63) is 39.5 Å². The molecule has 0 aliphatic heterocycles. The number of aliphatic hydroxyl groups excluding tert-OH is 3. The third-order valence-electron chi connectivity index (χ3n) is 13.8. The molecule has 0 heterocycles. The predicted molar refractivity (Wildman–Crippen MR) is 618 cm³/mol. The maximum absolute atomic E-state index is 9.46. The number of thiol groups is 17. The molecule has 0 aliphatic carbocycles. The minimum atomic E-state index is -3.71. The molecule has 3 N–H and O–H groups in total. The molecule has 0 fully saturated rings. The normalized spacial score (nSPS) is 17.6. The van der Waals surface area contributed by atoms with Gasteiger partial charge in [0.05, 0.1) is 29.4 Å². The maximum atomic E-state index is 9.46. The summed E-state index contributed by atoms with van der Waals surface area (Å²) in [5.74, 6) is 0. The van der Waals surface area contributed by atoms with Gasteiger partial charge in [0, 0.05) is 213 Å². The van der Waals surface area contributed by atoms with Gasteiger partial charge in [-0.1, -0.05) is 0 Å². The molecule has 13 unspecified atom stereocenters. The molecule has 0 aromatic rings. The van der Waals surface area contributed by atoms with Crippen LogP contribution < -0.4 is 0 Å². The van der Waals surface area contributed by atoms with Crippen molar-refractivity contribution in [3.8, 4) is 0 Å². The van der Waals surface area contributed by atoms with Gasteiger partial charge in [-0.25, -0.2) is 0 Å². The first kappa shape index (κ1) is 165. The van der Waals surface area contributed by atoms with Crippen LogP contribution in [0.15, 0.2) is 39.5 Å². The molecular weight excluding hydrogens is 2440 g/mol. The number of aliphatic hydroxyl groups is 3. The van der Waals surface area contributed by atoms with Crippen LogP contribution in [0.25, 0.3) is 0 Å². The smallest absolute Gasteiger partial charge is 0.397 e. The lowest BCUT2D eigenvalue weighted by Gasteiger charge is -2.38. The summed E-state index contributed by atoms with van der Waals surface area (Å²) in [4.78, 5) is 8.00. The minimum absolute atomic E-state index is 0.213. The van der Waals surface area contributed by atoms with Crippen LogP contribution in [0.1, 0.15) is 69.2 Å². The van der Waals surface area contributed by atoms with Crippen molar-refractivity contribution in [2.24, 2.45) is 0 Å². The fourth-order valence-corrected chi connectivity index (χ4v) is 82.0. The average Bonchev–Trinajstić information content (AvgIpc) is 0.787. The molecule has 0 amide bonds. The third kappa shape index (κ3) is 74.9. The van der Waals surface area contributed by atoms with Crippen molar-refractivity contribution < 1.29 is 193 Å². The molecule has 13 atom stereocenters. The van der Waals surface area contributed by atoms with Crippen molar-refractivity contribution in [3.63, 3.8) is 0 Å². The van der Waals surface area contributed by atoms with Crippen LogP contribution >= 0.6 is 207 Å². The first-order valence-corrected chi connectivity index (χ1v) is 95.3. The Morgan fingerprint density at radius 1 is 0.207 bits per heavy atom. The number of hydrogen-bond donors (Lipinski definition) is 20. The highest BCUT2D eigenvalue weighted by Gasteiger charge is 2.63. The summed E-state index contributed by atoms with van der Waals surface area (Å²) in [6.45, 7) is 49.4. The Labute approximate surface area is 915 Å². The van der Waals surface area contributed by atoms with Crippen molar-refractivity contribution in [1.82, 2.24) is 0 Å². The summed E-state index contributed by atoms with van der Waals surface area (Å²) in [7, 11) is -35.0. The SMILES string of the molecule is C=C.C=C.C=C.C=O.CCO[Si](C)(S)O[Si](S)(OCC)O[Si](S)(OCC)O[Si](S)(OCC)OCC.CCO[Si](CS)(OCC)OCC.CCO[Si](S)(OC)O[Si](S)(OC)O[Si](S)(OCC)O[Si](S)(CO)OC.CO[Si](C)(CS)OC.CO[Si](CS)(OC)OC.CO[Si](S)(CO)O[Si](C)(OC)O[Si](C)(OC)O[Si](S)(OC)OC.CO[Si](S)(CO)O[Si](S)(OC)O[Si](S)(OC)O[Si](S)(OC)OC. The molecule has 0 bridgehead atoms. The van der Waals surface area contributed by atoms with Crippen LogP contribution in [0.5, 0.6) is 0 Å². The fraction of sp³-hybridized carbons (Fsp3) is 0.873. The second kappa shape index (κ2) is 88.4. The third-order valence-corrected chi connectivity index (χ3v) is 92.6. The lowest BCUT2D eigenvalue weighted by molar-refractivity contribution is -0.0980. The largest absolute Gasteiger partial charge is 0.563 e. The van der Waals surface area contributed by atoms with Crippen molar-refractivity contribution in [2.75, 3.05) is 229 Å². The molecule has 0 aromatic carbocycles. The molecule has 0 rings (SSSR count). The Balaban J connectivity index is -0.000000150. The predicted octanol–water partition coefficient (Wildman–Crippen LogP) is 8.17. The lowest BCUT2D eigenvalue weighted by atomic mass is 10.9. The van der Waals surface area contributed by atoms with Crippen LogP contribution in [0.3, 0.4) is 0 Å². The number of rotatable bonds is 68. The van der Waals surface area contributed by atoms with E-state index in [4.69, 9.17) is 178 Å². The molecule has 0 saturated carbocycles. The van der Waals surface area contributed by atoms with Gasteiger partial charge in [-0.15, -0.1) is 209 Å². The van der Waals surface area contributed by atoms with Gasteiger partial charge in [0.2, 0.25) is 0 Å². The van der Waals surface area contributed by atoms with Crippen LogP contribution in [0, 0.1) is 0 Å². The summed E-state index contributed by atoms with van der Waals surface area (Å²) in [5.41, 5.74) is 0. The Morgan fingerprint density at radius 2 is 0.422 bits per heavy atom. The number of carbonyl (C=O) groups excluding carboxylic acids is 1. The summed E-state index contributed by atoms with van der Waals surface area (Å²) < 4.78 is 218. The lowest BCUT2D eigenvalue weighted by Crippen LogP contribution is -2.62. The molecule has 824 valence electrons. The minimum Gasteiger partial charge on any atom is -0.397 e. The average molecular weight is 2610 g/mol. The number of carbonyl (C=O) groups is 1. The van der Waals surface area contributed by atoms with Gasteiger partial charge in [-0.05, 0) is 82.3 Å². The molecule has 80 heteroatoms. The van der Waals surface area contributed by atoms with E-state index in [-0.39, 0.29) is 19.4 Å². The standard InChI is InChI=1S/C11H32O8S4Si4.C8H26O9S4Si4.C8H26O9S2Si4.C7H18O3SSi.C6H22O9S4Si4.C4H12O3SSi.C4H12O2SSi.3C2H4.CH2O/c1-7-12-24(6,20)17-26(22,15-10-4)19-27(23,16-11-5)18-25(21,13-8-2)14-9-3;1-6-13-23(19,11-4)16-24(20,12-5)17-25(21,14-7-2)15-22(18,8-9)10-3;1-10-20(6,16-22(18,8-9)12-3)15-21(7,11-2)17-23(19,13-4)14-5;1-4-8-12(7-11,9-5-2)10-6-3;1-8-20(16,6-7)13-22(18,11-4)15-23(19,12-5)14-21(17,9-2)10-3;1-5-9(4-8,6-2)7-3;1-5-8(3,4-7)6-2;4*1-2/h20-23H,7-11H2,1-6H3;9,18-21H,6-8H2,1-5H3;9,18-19H,8H2,1-7H3;11H,4-7H2,1-3H3;7,16-19H,6H2,1-5H3;8H,4H2,1-3H3;7H,4H2,1-3H3;3*1-2H2;1H2. The molecule has 0 aliphatic rings. The molecular formula is C55H162O44S17Si19. The second-order valence-electron chi connectivity index (χ2n) is 22.7. The van der Waals surface area contributed by atoms with Gasteiger partial charge in [0.25, 0.3) is 0 Å². The zero-order valence-electron chi connectivity index (χ0n) is 83.4. The van der Waals surface area contributed by atoms with Crippen LogP contribution in [0.2, 0.25) is 26.2 Å². The first-order valence-electron chi connectivity index (χ1n) is 38.9. The van der Waals surface area contributed by atoms with E-state index in [2.05, 4.69) is 246 Å². The zero-order valence-corrected chi connectivity index (χ0v) is 118. The molecule has 44 nitrogen and oxygen atoms in total. The van der Waals surface area contributed by atoms with E-state index in [9.17, 15) is 15.3 Å². The molecule has 0 saturated heterocycles. The highest BCUT2D eigenvalue weighted by Crippen LogP contribution is 2.37. The van der Waals surface area contributed by atoms with Crippen molar-refractivity contribution >= 4 is 368 Å². The highest BCUT2D eigenvalue weighted by molar-refractivity contribution is 8.19. The monoisotopic (exact) mass is 2600 g/mol. The van der Waals surface area contributed by atoms with Gasteiger partial charge >= 0.3 is 154 Å². The maximum Gasteiger partial charge on any atom is 0.563 e. The van der Waals surface area contributed by atoms with Crippen molar-refractivity contribution in [1.29, 1.82) is 0 Å². The van der Waals surface area contributed by atoms with E-state index in [1.54, 1.807) is 82.9 Å². The van der Waals surface area contributed by atoms with Crippen LogP contribution in [0.4, 0.5) is 0 Å². The Hall–Kier alpha value is 7.24. The fourth-order valence-electron chi connectivity index (χ4n) is 7.19. The van der Waals surface area contributed by atoms with E-state index in [1.165, 1.54) is 92.4 Å². The van der Waals surface area contributed by atoms with E-state index >= 15 is 0 Å².